The number of anilines is 1. The first-order valence-corrected chi connectivity index (χ1v) is 9.52. The summed E-state index contributed by atoms with van der Waals surface area (Å²) in [5, 5.41) is 8.58. The molecule has 0 saturated heterocycles. The highest BCUT2D eigenvalue weighted by Crippen LogP contribution is 2.30. The molecule has 5 nitrogen and oxygen atoms in total. The summed E-state index contributed by atoms with van der Waals surface area (Å²) < 4.78 is 1.71. The summed E-state index contributed by atoms with van der Waals surface area (Å²) in [7, 11) is 1.84. The fourth-order valence-corrected chi connectivity index (χ4v) is 4.02. The molecule has 0 fully saturated rings. The van der Waals surface area contributed by atoms with Crippen LogP contribution in [0, 0.1) is 0 Å². The lowest BCUT2D eigenvalue weighted by Gasteiger charge is -2.12. The van der Waals surface area contributed by atoms with Crippen molar-refractivity contribution >= 4 is 22.5 Å². The molecule has 0 saturated carbocycles. The Hall–Kier alpha value is -3.47. The summed E-state index contributed by atoms with van der Waals surface area (Å²) in [4.78, 5) is 17.9. The zero-order valence-corrected chi connectivity index (χ0v) is 15.6. The topological polar surface area (TPSA) is 59.8 Å². The van der Waals surface area contributed by atoms with Crippen molar-refractivity contribution in [3.05, 3.63) is 77.6 Å². The van der Waals surface area contributed by atoms with Gasteiger partial charge in [0.2, 0.25) is 0 Å². The molecule has 0 radical (unpaired) electrons. The molecular formula is C23H20N4O. The fraction of sp³-hybridized carbons (Fsp3) is 0.174. The number of para-hydroxylation sites is 1. The number of pyridine rings is 1. The number of hydrogen-bond donors (Lipinski definition) is 1. The number of fused-ring (bicyclic) bond motifs is 2. The number of nitrogens with one attached hydrogen (secondary N) is 1. The van der Waals surface area contributed by atoms with Crippen LogP contribution in [0.25, 0.3) is 22.2 Å². The van der Waals surface area contributed by atoms with Gasteiger partial charge in [0.25, 0.3) is 5.91 Å². The second kappa shape index (κ2) is 6.60. The molecule has 5 rings (SSSR count). The summed E-state index contributed by atoms with van der Waals surface area (Å²) >= 11 is 0. The third kappa shape index (κ3) is 2.76. The summed E-state index contributed by atoms with van der Waals surface area (Å²) in [6.07, 6.45) is 2.93. The highest BCUT2D eigenvalue weighted by Gasteiger charge is 2.25. The van der Waals surface area contributed by atoms with Crippen LogP contribution in [-0.2, 0) is 19.9 Å². The number of aromatic nitrogens is 3. The van der Waals surface area contributed by atoms with Gasteiger partial charge < -0.3 is 5.32 Å². The molecular weight excluding hydrogens is 348 g/mol. The Kier molecular flexibility index (Phi) is 3.93. The van der Waals surface area contributed by atoms with E-state index in [4.69, 9.17) is 4.98 Å². The first kappa shape index (κ1) is 16.7. The lowest BCUT2D eigenvalue weighted by atomic mass is 10.1. The molecule has 0 atom stereocenters. The number of aryl methyl sites for hydroxylation is 2. The van der Waals surface area contributed by atoms with Crippen LogP contribution in [0.5, 0.6) is 0 Å². The number of rotatable bonds is 3. The van der Waals surface area contributed by atoms with Crippen LogP contribution in [-0.4, -0.2) is 20.7 Å². The monoisotopic (exact) mass is 368 g/mol. The zero-order valence-electron chi connectivity index (χ0n) is 15.6. The van der Waals surface area contributed by atoms with Crippen LogP contribution in [0.1, 0.15) is 28.2 Å². The van der Waals surface area contributed by atoms with E-state index in [1.54, 1.807) is 4.68 Å². The smallest absolute Gasteiger partial charge is 0.274 e. The number of carbonyl (C=O) groups excluding carboxylic acids is 1. The molecule has 1 N–H and O–H groups in total. The minimum atomic E-state index is -0.117. The summed E-state index contributed by atoms with van der Waals surface area (Å²) in [5.41, 5.74) is 6.28. The minimum Gasteiger partial charge on any atom is -0.320 e. The first-order chi connectivity index (χ1) is 13.7. The molecule has 2 heterocycles. The lowest BCUT2D eigenvalue weighted by molar-refractivity contribution is 0.101. The van der Waals surface area contributed by atoms with Crippen molar-refractivity contribution in [1.82, 2.24) is 14.8 Å². The predicted octanol–water partition coefficient (Wildman–Crippen LogP) is 4.38. The van der Waals surface area contributed by atoms with Gasteiger partial charge in [0, 0.05) is 23.6 Å². The average molecular weight is 368 g/mol. The van der Waals surface area contributed by atoms with Crippen molar-refractivity contribution < 1.29 is 4.79 Å². The van der Waals surface area contributed by atoms with E-state index in [1.165, 1.54) is 0 Å². The molecule has 138 valence electrons. The summed E-state index contributed by atoms with van der Waals surface area (Å²) in [5.74, 6) is -0.117. The molecule has 0 spiro atoms. The minimum absolute atomic E-state index is 0.117. The predicted molar refractivity (Wildman–Crippen MR) is 110 cm³/mol. The maximum absolute atomic E-state index is 13.2. The second-order valence-electron chi connectivity index (χ2n) is 7.14. The Morgan fingerprint density at radius 2 is 1.82 bits per heavy atom. The van der Waals surface area contributed by atoms with Gasteiger partial charge in [-0.05, 0) is 31.4 Å². The van der Waals surface area contributed by atoms with Crippen molar-refractivity contribution in [2.24, 2.45) is 7.05 Å². The number of amides is 1. The van der Waals surface area contributed by atoms with E-state index in [0.29, 0.717) is 5.69 Å². The molecule has 1 amide bonds. The van der Waals surface area contributed by atoms with E-state index in [9.17, 15) is 4.79 Å². The average Bonchev–Trinajstić information content (AvgIpc) is 3.28. The number of hydrogen-bond acceptors (Lipinski definition) is 3. The van der Waals surface area contributed by atoms with E-state index in [1.807, 2.05) is 67.7 Å². The van der Waals surface area contributed by atoms with Crippen molar-refractivity contribution in [2.75, 3.05) is 5.32 Å². The van der Waals surface area contributed by atoms with E-state index >= 15 is 0 Å². The molecule has 5 heteroatoms. The second-order valence-corrected chi connectivity index (χ2v) is 7.14. The van der Waals surface area contributed by atoms with Gasteiger partial charge >= 0.3 is 0 Å². The SMILES string of the molecule is Cn1nc2c(c1C(=O)Nc1cc(-c3ccccc3)nc3ccccc13)CCC2. The van der Waals surface area contributed by atoms with Crippen LogP contribution >= 0.6 is 0 Å². The molecule has 1 aliphatic carbocycles. The lowest BCUT2D eigenvalue weighted by Crippen LogP contribution is -2.18. The Morgan fingerprint density at radius 3 is 2.68 bits per heavy atom. The highest BCUT2D eigenvalue weighted by atomic mass is 16.2. The summed E-state index contributed by atoms with van der Waals surface area (Å²) in [6.45, 7) is 0. The molecule has 0 unspecified atom stereocenters. The van der Waals surface area contributed by atoms with Gasteiger partial charge in [-0.3, -0.25) is 9.48 Å². The zero-order chi connectivity index (χ0) is 19.1. The van der Waals surface area contributed by atoms with Gasteiger partial charge in [0.1, 0.15) is 5.69 Å². The van der Waals surface area contributed by atoms with Crippen LogP contribution in [0.3, 0.4) is 0 Å². The summed E-state index contributed by atoms with van der Waals surface area (Å²) in [6, 6.07) is 19.8. The normalized spacial score (nSPS) is 12.9. The number of nitrogens with zero attached hydrogens (tertiary/aromatic N) is 3. The van der Waals surface area contributed by atoms with Gasteiger partial charge in [0.15, 0.2) is 0 Å². The van der Waals surface area contributed by atoms with Crippen LogP contribution in [0.2, 0.25) is 0 Å². The fourth-order valence-electron chi connectivity index (χ4n) is 4.02. The van der Waals surface area contributed by atoms with Crippen molar-refractivity contribution in [3.63, 3.8) is 0 Å². The van der Waals surface area contributed by atoms with E-state index in [2.05, 4.69) is 10.4 Å². The van der Waals surface area contributed by atoms with Gasteiger partial charge in [0.05, 0.1) is 22.6 Å². The van der Waals surface area contributed by atoms with E-state index in [0.717, 1.165) is 58.4 Å². The van der Waals surface area contributed by atoms with Gasteiger partial charge in [-0.1, -0.05) is 48.5 Å². The third-order valence-electron chi connectivity index (χ3n) is 5.32. The quantitative estimate of drug-likeness (QED) is 0.584. The van der Waals surface area contributed by atoms with Crippen LogP contribution in [0.15, 0.2) is 60.7 Å². The Bertz CT molecular complexity index is 1190. The van der Waals surface area contributed by atoms with Gasteiger partial charge in [-0.2, -0.15) is 5.10 Å². The molecule has 0 aliphatic heterocycles. The first-order valence-electron chi connectivity index (χ1n) is 9.52. The maximum Gasteiger partial charge on any atom is 0.274 e. The largest absolute Gasteiger partial charge is 0.320 e. The van der Waals surface area contributed by atoms with Crippen LogP contribution < -0.4 is 5.32 Å². The molecule has 28 heavy (non-hydrogen) atoms. The van der Waals surface area contributed by atoms with Crippen molar-refractivity contribution in [3.8, 4) is 11.3 Å². The Labute approximate surface area is 163 Å². The molecule has 2 aromatic heterocycles. The Morgan fingerprint density at radius 1 is 1.04 bits per heavy atom. The van der Waals surface area contributed by atoms with Crippen LogP contribution in [0.4, 0.5) is 5.69 Å². The third-order valence-corrected chi connectivity index (χ3v) is 5.32. The number of benzene rings is 2. The Balaban J connectivity index is 1.60. The van der Waals surface area contributed by atoms with Crippen molar-refractivity contribution in [2.45, 2.75) is 19.3 Å². The molecule has 0 bridgehead atoms. The van der Waals surface area contributed by atoms with Crippen molar-refractivity contribution in [1.29, 1.82) is 0 Å². The van der Waals surface area contributed by atoms with E-state index in [-0.39, 0.29) is 5.91 Å². The van der Waals surface area contributed by atoms with E-state index < -0.39 is 0 Å². The standard InChI is InChI=1S/C23H20N4O/c1-27-22(17-11-7-13-19(17)26-27)23(28)25-21-14-20(15-8-3-2-4-9-15)24-18-12-6-5-10-16(18)21/h2-6,8-10,12,14H,7,11,13H2,1H3,(H,24,25,28). The highest BCUT2D eigenvalue weighted by molar-refractivity contribution is 6.09. The number of carbonyl (C=O) groups is 1. The maximum atomic E-state index is 13.2. The molecule has 4 aromatic rings. The van der Waals surface area contributed by atoms with Gasteiger partial charge in [-0.25, -0.2) is 4.98 Å². The molecule has 2 aromatic carbocycles. The van der Waals surface area contributed by atoms with Gasteiger partial charge in [-0.15, -0.1) is 0 Å². The molecule has 1 aliphatic rings.